The molecule has 2 aromatic carbocycles. The van der Waals surface area contributed by atoms with Crippen LogP contribution in [-0.4, -0.2) is 11.6 Å². The van der Waals surface area contributed by atoms with Crippen LogP contribution in [0.2, 0.25) is 0 Å². The van der Waals surface area contributed by atoms with Crippen molar-refractivity contribution in [2.45, 2.75) is 13.3 Å². The Morgan fingerprint density at radius 3 is 2.43 bits per heavy atom. The van der Waals surface area contributed by atoms with E-state index in [0.717, 1.165) is 22.6 Å². The molecule has 1 aliphatic rings. The van der Waals surface area contributed by atoms with Crippen molar-refractivity contribution in [3.8, 4) is 0 Å². The molecule has 2 aromatic rings. The van der Waals surface area contributed by atoms with E-state index in [1.165, 1.54) is 5.01 Å². The maximum absolute atomic E-state index is 12.2. The predicted molar refractivity (Wildman–Crippen MR) is 85.1 cm³/mol. The summed E-state index contributed by atoms with van der Waals surface area (Å²) in [5.41, 5.74) is 9.16. The van der Waals surface area contributed by atoms with Crippen LogP contribution in [0.4, 0.5) is 11.4 Å². The number of carbonyl (C=O) groups is 1. The number of carbonyl (C=O) groups excluding carboxylic acids is 1. The van der Waals surface area contributed by atoms with Crippen LogP contribution in [0.25, 0.3) is 0 Å². The molecular formula is C17H17N3O. The summed E-state index contributed by atoms with van der Waals surface area (Å²) in [5.74, 6) is 0.119. The Kier molecular flexibility index (Phi) is 3.44. The van der Waals surface area contributed by atoms with Gasteiger partial charge in [0.15, 0.2) is 0 Å². The van der Waals surface area contributed by atoms with E-state index in [-0.39, 0.29) is 11.8 Å². The van der Waals surface area contributed by atoms with E-state index in [0.29, 0.717) is 6.42 Å². The molecule has 106 valence electrons. The Bertz CT molecular complexity index is 677. The Morgan fingerprint density at radius 2 is 1.76 bits per heavy atom. The molecule has 1 aliphatic heterocycles. The average Bonchev–Trinajstić information content (AvgIpc) is 2.49. The van der Waals surface area contributed by atoms with Gasteiger partial charge >= 0.3 is 0 Å². The summed E-state index contributed by atoms with van der Waals surface area (Å²) in [6.45, 7) is 2.02. The number of nitrogens with zero attached hydrogens (tertiary/aromatic N) is 2. The zero-order valence-electron chi connectivity index (χ0n) is 11.9. The molecule has 21 heavy (non-hydrogen) atoms. The molecule has 1 heterocycles. The van der Waals surface area contributed by atoms with Crippen LogP contribution in [-0.2, 0) is 4.79 Å². The number of amides is 1. The van der Waals surface area contributed by atoms with Crippen molar-refractivity contribution in [1.82, 2.24) is 0 Å². The lowest BCUT2D eigenvalue weighted by atomic mass is 9.93. The van der Waals surface area contributed by atoms with E-state index >= 15 is 0 Å². The molecule has 1 amide bonds. The van der Waals surface area contributed by atoms with E-state index in [1.807, 2.05) is 61.5 Å². The standard InChI is InChI=1S/C17H17N3O/c1-12-11-16(21)20(15-5-3-2-4-6-15)19-17(12)13-7-9-14(18)10-8-13/h2-10,12H,11,18H2,1H3. The molecule has 0 aromatic heterocycles. The number of benzene rings is 2. The third-order valence-electron chi connectivity index (χ3n) is 3.60. The van der Waals surface area contributed by atoms with Crippen LogP contribution in [0.15, 0.2) is 59.7 Å². The van der Waals surface area contributed by atoms with Gasteiger partial charge in [0.25, 0.3) is 0 Å². The number of hydrogen-bond acceptors (Lipinski definition) is 3. The normalized spacial score (nSPS) is 18.5. The second-order valence-electron chi connectivity index (χ2n) is 5.25. The number of hydrogen-bond donors (Lipinski definition) is 1. The molecule has 0 radical (unpaired) electrons. The number of nitrogens with two attached hydrogens (primary N) is 1. The van der Waals surface area contributed by atoms with Gasteiger partial charge in [-0.3, -0.25) is 4.79 Å². The lowest BCUT2D eigenvalue weighted by molar-refractivity contribution is -0.119. The first-order chi connectivity index (χ1) is 10.1. The molecular weight excluding hydrogens is 262 g/mol. The molecule has 0 bridgehead atoms. The molecule has 0 saturated heterocycles. The minimum Gasteiger partial charge on any atom is -0.399 e. The van der Waals surface area contributed by atoms with E-state index < -0.39 is 0 Å². The lowest BCUT2D eigenvalue weighted by Gasteiger charge is -2.27. The fourth-order valence-corrected chi connectivity index (χ4v) is 2.47. The Labute approximate surface area is 123 Å². The predicted octanol–water partition coefficient (Wildman–Crippen LogP) is 3.05. The summed E-state index contributed by atoms with van der Waals surface area (Å²) in [5, 5.41) is 6.07. The van der Waals surface area contributed by atoms with Gasteiger partial charge in [-0.1, -0.05) is 37.3 Å². The smallest absolute Gasteiger partial charge is 0.248 e. The molecule has 0 spiro atoms. The van der Waals surface area contributed by atoms with Gasteiger partial charge in [0, 0.05) is 18.0 Å². The summed E-state index contributed by atoms with van der Waals surface area (Å²) in [6.07, 6.45) is 0.456. The molecule has 0 aliphatic carbocycles. The summed E-state index contributed by atoms with van der Waals surface area (Å²) in [4.78, 5) is 12.2. The van der Waals surface area contributed by atoms with Crippen LogP contribution in [0.5, 0.6) is 0 Å². The van der Waals surface area contributed by atoms with Gasteiger partial charge in [-0.2, -0.15) is 5.10 Å². The van der Waals surface area contributed by atoms with Crippen molar-refractivity contribution in [2.75, 3.05) is 10.7 Å². The highest BCUT2D eigenvalue weighted by Gasteiger charge is 2.28. The second-order valence-corrected chi connectivity index (χ2v) is 5.25. The van der Waals surface area contributed by atoms with E-state index in [2.05, 4.69) is 5.10 Å². The molecule has 4 nitrogen and oxygen atoms in total. The lowest BCUT2D eigenvalue weighted by Crippen LogP contribution is -2.36. The summed E-state index contributed by atoms with van der Waals surface area (Å²) >= 11 is 0. The molecule has 1 atom stereocenters. The fourth-order valence-electron chi connectivity index (χ4n) is 2.47. The molecule has 0 fully saturated rings. The largest absolute Gasteiger partial charge is 0.399 e. The first-order valence-electron chi connectivity index (χ1n) is 6.97. The van der Waals surface area contributed by atoms with Gasteiger partial charge in [-0.05, 0) is 29.8 Å². The average molecular weight is 279 g/mol. The van der Waals surface area contributed by atoms with Gasteiger partial charge in [-0.15, -0.1) is 0 Å². The van der Waals surface area contributed by atoms with Gasteiger partial charge in [0.1, 0.15) is 0 Å². The van der Waals surface area contributed by atoms with Crippen LogP contribution in [0.3, 0.4) is 0 Å². The zero-order valence-corrected chi connectivity index (χ0v) is 11.9. The zero-order chi connectivity index (χ0) is 14.8. The van der Waals surface area contributed by atoms with Crippen molar-refractivity contribution in [2.24, 2.45) is 11.0 Å². The molecule has 4 heteroatoms. The fraction of sp³-hybridized carbons (Fsp3) is 0.176. The van der Waals surface area contributed by atoms with Gasteiger partial charge < -0.3 is 5.73 Å². The van der Waals surface area contributed by atoms with Crippen molar-refractivity contribution < 1.29 is 4.79 Å². The van der Waals surface area contributed by atoms with E-state index in [9.17, 15) is 4.79 Å². The molecule has 1 unspecified atom stereocenters. The third-order valence-corrected chi connectivity index (χ3v) is 3.60. The highest BCUT2D eigenvalue weighted by Crippen LogP contribution is 2.25. The number of hydrazone groups is 1. The summed E-state index contributed by atoms with van der Waals surface area (Å²) < 4.78 is 0. The minimum absolute atomic E-state index is 0.0212. The Hall–Kier alpha value is -2.62. The minimum atomic E-state index is 0.0212. The number of nitrogen functional groups attached to an aromatic ring is 1. The highest BCUT2D eigenvalue weighted by atomic mass is 16.2. The number of para-hydroxylation sites is 1. The van der Waals surface area contributed by atoms with Crippen molar-refractivity contribution in [1.29, 1.82) is 0 Å². The monoisotopic (exact) mass is 279 g/mol. The summed E-state index contributed by atoms with van der Waals surface area (Å²) in [6, 6.07) is 17.1. The van der Waals surface area contributed by atoms with Gasteiger partial charge in [0.2, 0.25) is 5.91 Å². The number of rotatable bonds is 2. The quantitative estimate of drug-likeness (QED) is 0.859. The van der Waals surface area contributed by atoms with E-state index in [4.69, 9.17) is 5.73 Å². The Balaban J connectivity index is 2.02. The van der Waals surface area contributed by atoms with Crippen molar-refractivity contribution in [3.05, 3.63) is 60.2 Å². The second kappa shape index (κ2) is 5.40. The SMILES string of the molecule is CC1CC(=O)N(c2ccccc2)N=C1c1ccc(N)cc1. The number of anilines is 2. The maximum Gasteiger partial charge on any atom is 0.248 e. The molecule has 2 N–H and O–H groups in total. The molecule has 0 saturated carbocycles. The van der Waals surface area contributed by atoms with Crippen LogP contribution in [0, 0.1) is 5.92 Å². The van der Waals surface area contributed by atoms with Crippen molar-refractivity contribution in [3.63, 3.8) is 0 Å². The highest BCUT2D eigenvalue weighted by molar-refractivity contribution is 6.10. The van der Waals surface area contributed by atoms with Crippen LogP contribution in [0.1, 0.15) is 18.9 Å². The molecule has 3 rings (SSSR count). The summed E-state index contributed by atoms with van der Waals surface area (Å²) in [7, 11) is 0. The van der Waals surface area contributed by atoms with Gasteiger partial charge in [0.05, 0.1) is 11.4 Å². The van der Waals surface area contributed by atoms with E-state index in [1.54, 1.807) is 0 Å². The maximum atomic E-state index is 12.2. The van der Waals surface area contributed by atoms with Crippen molar-refractivity contribution >= 4 is 23.0 Å². The third kappa shape index (κ3) is 2.65. The topological polar surface area (TPSA) is 58.7 Å². The Morgan fingerprint density at radius 1 is 1.10 bits per heavy atom. The first kappa shape index (κ1) is 13.4. The van der Waals surface area contributed by atoms with Gasteiger partial charge in [-0.25, -0.2) is 5.01 Å². The van der Waals surface area contributed by atoms with Crippen LogP contribution < -0.4 is 10.7 Å². The van der Waals surface area contributed by atoms with Crippen LogP contribution >= 0.6 is 0 Å². The first-order valence-corrected chi connectivity index (χ1v) is 6.97.